The number of halogens is 3. The van der Waals surface area contributed by atoms with Crippen LogP contribution in [0.15, 0.2) is 78.9 Å². The molecule has 0 saturated carbocycles. The van der Waals surface area contributed by atoms with E-state index in [0.29, 0.717) is 6.54 Å². The second-order valence-corrected chi connectivity index (χ2v) is 13.2. The minimum atomic E-state index is -4.64. The minimum Gasteiger partial charge on any atom is -0.354 e. The van der Waals surface area contributed by atoms with E-state index in [0.717, 1.165) is 45.5 Å². The van der Waals surface area contributed by atoms with Gasteiger partial charge in [-0.2, -0.15) is 13.2 Å². The highest BCUT2D eigenvalue weighted by Crippen LogP contribution is 2.32. The molecule has 2 amide bonds. The number of carbonyl (C=O) groups excluding carboxylic acids is 2. The van der Waals surface area contributed by atoms with E-state index in [1.807, 2.05) is 75.4 Å². The van der Waals surface area contributed by atoms with E-state index in [-0.39, 0.29) is 55.8 Å². The van der Waals surface area contributed by atoms with Crippen LogP contribution in [0.3, 0.4) is 0 Å². The number of sulfonamides is 1. The molecule has 11 heteroatoms. The van der Waals surface area contributed by atoms with Crippen molar-refractivity contribution in [3.8, 4) is 0 Å². The van der Waals surface area contributed by atoms with E-state index >= 15 is 0 Å². The van der Waals surface area contributed by atoms with Crippen molar-refractivity contribution in [1.82, 2.24) is 10.2 Å². The molecule has 0 aliphatic heterocycles. The number of hydrogen-bond donors (Lipinski definition) is 1. The molecule has 44 heavy (non-hydrogen) atoms. The fraction of sp³-hybridized carbons (Fsp3) is 0.394. The molecule has 0 bridgehead atoms. The highest BCUT2D eigenvalue weighted by molar-refractivity contribution is 7.92. The maximum Gasteiger partial charge on any atom is 0.416 e. The van der Waals surface area contributed by atoms with E-state index in [4.69, 9.17) is 0 Å². The van der Waals surface area contributed by atoms with Crippen LogP contribution in [-0.4, -0.2) is 50.5 Å². The second-order valence-electron chi connectivity index (χ2n) is 11.3. The number of nitrogens with zero attached hydrogens (tertiary/aromatic N) is 2. The number of hydrogen-bond acceptors (Lipinski definition) is 4. The van der Waals surface area contributed by atoms with E-state index in [2.05, 4.69) is 5.32 Å². The van der Waals surface area contributed by atoms with Gasteiger partial charge in [0.25, 0.3) is 0 Å². The van der Waals surface area contributed by atoms with E-state index in [1.165, 1.54) is 11.0 Å². The average Bonchev–Trinajstić information content (AvgIpc) is 2.96. The summed E-state index contributed by atoms with van der Waals surface area (Å²) >= 11 is 0. The number of rotatable bonds is 14. The van der Waals surface area contributed by atoms with Gasteiger partial charge in [-0.3, -0.25) is 13.9 Å². The lowest BCUT2D eigenvalue weighted by atomic mass is 10.0. The van der Waals surface area contributed by atoms with Gasteiger partial charge in [0.05, 0.1) is 17.5 Å². The Hall–Kier alpha value is -3.86. The molecule has 3 rings (SSSR count). The van der Waals surface area contributed by atoms with Gasteiger partial charge in [-0.1, -0.05) is 80.1 Å². The van der Waals surface area contributed by atoms with Crippen molar-refractivity contribution in [1.29, 1.82) is 0 Å². The molecular formula is C33H40F3N3O4S. The molecule has 3 aromatic rings. The van der Waals surface area contributed by atoms with Gasteiger partial charge >= 0.3 is 6.18 Å². The zero-order valence-corrected chi connectivity index (χ0v) is 26.3. The normalized spacial score (nSPS) is 12.5. The van der Waals surface area contributed by atoms with Crippen LogP contribution in [0, 0.1) is 12.8 Å². The Labute approximate surface area is 258 Å². The predicted octanol–water partition coefficient (Wildman–Crippen LogP) is 5.97. The van der Waals surface area contributed by atoms with Crippen molar-refractivity contribution in [2.45, 2.75) is 58.8 Å². The lowest BCUT2D eigenvalue weighted by Gasteiger charge is -2.32. The third-order valence-electron chi connectivity index (χ3n) is 7.04. The smallest absolute Gasteiger partial charge is 0.354 e. The average molecular weight is 632 g/mol. The maximum atomic E-state index is 13.9. The summed E-state index contributed by atoms with van der Waals surface area (Å²) < 4.78 is 66.0. The molecule has 238 valence electrons. The summed E-state index contributed by atoms with van der Waals surface area (Å²) in [7, 11) is -3.96. The molecule has 0 unspecified atom stereocenters. The first-order chi connectivity index (χ1) is 20.6. The number of anilines is 1. The predicted molar refractivity (Wildman–Crippen MR) is 166 cm³/mol. The lowest BCUT2D eigenvalue weighted by molar-refractivity contribution is -0.141. The summed E-state index contributed by atoms with van der Waals surface area (Å²) in [5.41, 5.74) is 1.62. The van der Waals surface area contributed by atoms with Crippen LogP contribution in [0.5, 0.6) is 0 Å². The van der Waals surface area contributed by atoms with Crippen LogP contribution in [0.1, 0.15) is 48.9 Å². The summed E-state index contributed by atoms with van der Waals surface area (Å²) in [5.74, 6) is -0.483. The van der Waals surface area contributed by atoms with Gasteiger partial charge in [-0.05, 0) is 48.6 Å². The van der Waals surface area contributed by atoms with Crippen LogP contribution in [-0.2, 0) is 38.8 Å². The number of amides is 2. The summed E-state index contributed by atoms with van der Waals surface area (Å²) in [5, 5.41) is 2.95. The zero-order valence-electron chi connectivity index (χ0n) is 25.5. The standard InChI is InChI=1S/C33H40F3N3O4S/c1-24(2)22-37-32(41)30(20-26-10-6-5-7-11-26)38(23-27-17-15-25(3)16-18-27)31(40)14-9-19-39(44(4,42)43)29-13-8-12-28(21-29)33(34,35)36/h5-8,10-13,15-18,21,24,30H,9,14,19-20,22-23H2,1-4H3,(H,37,41)/t30-/m0/s1. The van der Waals surface area contributed by atoms with Crippen LogP contribution >= 0.6 is 0 Å². The molecule has 0 heterocycles. The monoisotopic (exact) mass is 631 g/mol. The Bertz CT molecular complexity index is 1490. The zero-order chi connectivity index (χ0) is 32.5. The first kappa shape index (κ1) is 34.6. The molecular weight excluding hydrogens is 591 g/mol. The van der Waals surface area contributed by atoms with E-state index < -0.39 is 27.8 Å². The lowest BCUT2D eigenvalue weighted by Crippen LogP contribution is -2.51. The molecule has 1 N–H and O–H groups in total. The Balaban J connectivity index is 1.89. The number of alkyl halides is 3. The summed E-state index contributed by atoms with van der Waals surface area (Å²) in [6.07, 6.45) is -3.57. The van der Waals surface area contributed by atoms with Crippen molar-refractivity contribution in [2.75, 3.05) is 23.7 Å². The van der Waals surface area contributed by atoms with Gasteiger partial charge in [0, 0.05) is 32.5 Å². The highest BCUT2D eigenvalue weighted by atomic mass is 32.2. The molecule has 0 fully saturated rings. The van der Waals surface area contributed by atoms with E-state index in [9.17, 15) is 31.2 Å². The largest absolute Gasteiger partial charge is 0.416 e. The molecule has 0 spiro atoms. The Kier molecular flexibility index (Phi) is 12.0. The van der Waals surface area contributed by atoms with Crippen molar-refractivity contribution < 1.29 is 31.2 Å². The van der Waals surface area contributed by atoms with Gasteiger partial charge in [-0.25, -0.2) is 8.42 Å². The Morgan fingerprint density at radius 2 is 1.57 bits per heavy atom. The Morgan fingerprint density at radius 1 is 0.909 bits per heavy atom. The molecule has 0 aromatic heterocycles. The van der Waals surface area contributed by atoms with Crippen LogP contribution in [0.25, 0.3) is 0 Å². The van der Waals surface area contributed by atoms with Crippen LogP contribution in [0.4, 0.5) is 18.9 Å². The molecule has 0 aliphatic carbocycles. The number of carbonyl (C=O) groups is 2. The molecule has 3 aromatic carbocycles. The van der Waals surface area contributed by atoms with Crippen molar-refractivity contribution in [3.05, 3.63) is 101 Å². The first-order valence-electron chi connectivity index (χ1n) is 14.5. The van der Waals surface area contributed by atoms with Gasteiger partial charge in [0.2, 0.25) is 21.8 Å². The number of nitrogens with one attached hydrogen (secondary N) is 1. The van der Waals surface area contributed by atoms with Crippen molar-refractivity contribution in [3.63, 3.8) is 0 Å². The van der Waals surface area contributed by atoms with Crippen LogP contribution in [0.2, 0.25) is 0 Å². The molecule has 0 aliphatic rings. The first-order valence-corrected chi connectivity index (χ1v) is 16.3. The molecule has 0 radical (unpaired) electrons. The van der Waals surface area contributed by atoms with Gasteiger partial charge in [0.15, 0.2) is 0 Å². The molecule has 1 atom stereocenters. The Morgan fingerprint density at radius 3 is 2.16 bits per heavy atom. The molecule has 7 nitrogen and oxygen atoms in total. The van der Waals surface area contributed by atoms with E-state index in [1.54, 1.807) is 0 Å². The van der Waals surface area contributed by atoms with Crippen molar-refractivity contribution >= 4 is 27.5 Å². The summed E-state index contributed by atoms with van der Waals surface area (Å²) in [6, 6.07) is 20.2. The quantitative estimate of drug-likeness (QED) is 0.238. The topological polar surface area (TPSA) is 86.8 Å². The van der Waals surface area contributed by atoms with Gasteiger partial charge < -0.3 is 10.2 Å². The van der Waals surface area contributed by atoms with Crippen LogP contribution < -0.4 is 9.62 Å². The third-order valence-corrected chi connectivity index (χ3v) is 8.24. The SMILES string of the molecule is Cc1ccc(CN(C(=O)CCCN(c2cccc(C(F)(F)F)c2)S(C)(=O)=O)[C@@H](Cc2ccccc2)C(=O)NCC(C)C)cc1. The summed E-state index contributed by atoms with van der Waals surface area (Å²) in [6.45, 7) is 6.25. The highest BCUT2D eigenvalue weighted by Gasteiger charge is 2.33. The fourth-order valence-corrected chi connectivity index (χ4v) is 5.67. The maximum absolute atomic E-state index is 13.9. The minimum absolute atomic E-state index is 0.0260. The van der Waals surface area contributed by atoms with Gasteiger partial charge in [0.1, 0.15) is 6.04 Å². The second kappa shape index (κ2) is 15.2. The van der Waals surface area contributed by atoms with Crippen molar-refractivity contribution in [2.24, 2.45) is 5.92 Å². The number of benzene rings is 3. The molecule has 0 saturated heterocycles. The third kappa shape index (κ3) is 10.4. The van der Waals surface area contributed by atoms with Gasteiger partial charge in [-0.15, -0.1) is 0 Å². The number of aryl methyl sites for hydroxylation is 1. The summed E-state index contributed by atoms with van der Waals surface area (Å²) in [4.78, 5) is 29.0. The fourth-order valence-electron chi connectivity index (χ4n) is 4.71.